The van der Waals surface area contributed by atoms with Crippen molar-refractivity contribution in [3.8, 4) is 0 Å². The van der Waals surface area contributed by atoms with Crippen LogP contribution >= 0.6 is 34.8 Å². The number of rotatable bonds is 2. The van der Waals surface area contributed by atoms with E-state index in [1.54, 1.807) is 6.07 Å². The van der Waals surface area contributed by atoms with Crippen molar-refractivity contribution in [1.29, 1.82) is 0 Å². The molecular weight excluding hydrogens is 275 g/mol. The Labute approximate surface area is 118 Å². The topological polar surface area (TPSA) is 0 Å². The standard InChI is InChI=1S/C14H17Cl3/c15-11-7-8-12(13(16)9-11)14(17)10-5-3-1-2-4-6-10/h7-10,14H,1-6H2. The molecule has 0 amide bonds. The third-order valence-corrected chi connectivity index (χ3v) is 4.73. The van der Waals surface area contributed by atoms with Crippen LogP contribution in [0.2, 0.25) is 10.0 Å². The first-order valence-electron chi connectivity index (χ1n) is 6.27. The fourth-order valence-electron chi connectivity index (χ4n) is 2.58. The Bertz CT molecular complexity index is 368. The summed E-state index contributed by atoms with van der Waals surface area (Å²) in [6.45, 7) is 0. The summed E-state index contributed by atoms with van der Waals surface area (Å²) in [7, 11) is 0. The van der Waals surface area contributed by atoms with E-state index in [0.717, 1.165) is 5.56 Å². The van der Waals surface area contributed by atoms with E-state index < -0.39 is 0 Å². The second kappa shape index (κ2) is 6.31. The lowest BCUT2D eigenvalue weighted by Crippen LogP contribution is -2.07. The first kappa shape index (κ1) is 13.5. The Morgan fingerprint density at radius 1 is 1.00 bits per heavy atom. The van der Waals surface area contributed by atoms with Gasteiger partial charge in [-0.3, -0.25) is 0 Å². The van der Waals surface area contributed by atoms with E-state index in [4.69, 9.17) is 34.8 Å². The van der Waals surface area contributed by atoms with Crippen LogP contribution in [0.25, 0.3) is 0 Å². The molecule has 1 aliphatic rings. The van der Waals surface area contributed by atoms with Crippen LogP contribution in [0.4, 0.5) is 0 Å². The molecular formula is C14H17Cl3. The van der Waals surface area contributed by atoms with Crippen molar-refractivity contribution < 1.29 is 0 Å². The molecule has 0 aliphatic heterocycles. The molecule has 1 saturated carbocycles. The van der Waals surface area contributed by atoms with Crippen LogP contribution < -0.4 is 0 Å². The molecule has 3 heteroatoms. The third kappa shape index (κ3) is 3.53. The highest BCUT2D eigenvalue weighted by Gasteiger charge is 2.23. The molecule has 1 fully saturated rings. The van der Waals surface area contributed by atoms with Crippen molar-refractivity contribution in [2.45, 2.75) is 43.9 Å². The van der Waals surface area contributed by atoms with E-state index in [1.807, 2.05) is 12.1 Å². The molecule has 0 bridgehead atoms. The van der Waals surface area contributed by atoms with Gasteiger partial charge in [0.1, 0.15) is 0 Å². The number of hydrogen-bond donors (Lipinski definition) is 0. The normalized spacial score (nSPS) is 19.9. The zero-order valence-electron chi connectivity index (χ0n) is 9.76. The number of benzene rings is 1. The van der Waals surface area contributed by atoms with Crippen LogP contribution in [-0.4, -0.2) is 0 Å². The molecule has 0 N–H and O–H groups in total. The zero-order chi connectivity index (χ0) is 12.3. The number of alkyl halides is 1. The smallest absolute Gasteiger partial charge is 0.0628 e. The van der Waals surface area contributed by atoms with Gasteiger partial charge in [0.2, 0.25) is 0 Å². The molecule has 1 atom stereocenters. The number of hydrogen-bond acceptors (Lipinski definition) is 0. The summed E-state index contributed by atoms with van der Waals surface area (Å²) < 4.78 is 0. The van der Waals surface area contributed by atoms with Crippen LogP contribution in [0, 0.1) is 5.92 Å². The van der Waals surface area contributed by atoms with Crippen molar-refractivity contribution in [3.05, 3.63) is 33.8 Å². The van der Waals surface area contributed by atoms with Crippen molar-refractivity contribution in [2.75, 3.05) is 0 Å². The van der Waals surface area contributed by atoms with Crippen molar-refractivity contribution in [2.24, 2.45) is 5.92 Å². The molecule has 1 aromatic rings. The fourth-order valence-corrected chi connectivity index (χ4v) is 3.61. The van der Waals surface area contributed by atoms with E-state index in [0.29, 0.717) is 16.0 Å². The first-order chi connectivity index (χ1) is 8.18. The molecule has 0 nitrogen and oxygen atoms in total. The Hall–Kier alpha value is 0.0900. The van der Waals surface area contributed by atoms with Crippen LogP contribution in [0.15, 0.2) is 18.2 Å². The molecule has 0 heterocycles. The second-order valence-corrected chi connectivity index (χ2v) is 6.13. The maximum absolute atomic E-state index is 6.59. The van der Waals surface area contributed by atoms with Crippen molar-refractivity contribution in [3.63, 3.8) is 0 Å². The van der Waals surface area contributed by atoms with Gasteiger partial charge in [-0.2, -0.15) is 0 Å². The van der Waals surface area contributed by atoms with E-state index in [9.17, 15) is 0 Å². The van der Waals surface area contributed by atoms with Crippen LogP contribution in [0.5, 0.6) is 0 Å². The van der Waals surface area contributed by atoms with Gasteiger partial charge in [-0.15, -0.1) is 11.6 Å². The molecule has 94 valence electrons. The molecule has 0 radical (unpaired) electrons. The summed E-state index contributed by atoms with van der Waals surface area (Å²) in [5.74, 6) is 0.554. The summed E-state index contributed by atoms with van der Waals surface area (Å²) in [4.78, 5) is 0. The van der Waals surface area contributed by atoms with Crippen LogP contribution in [0.3, 0.4) is 0 Å². The average Bonchev–Trinajstić information content (AvgIpc) is 2.56. The molecule has 17 heavy (non-hydrogen) atoms. The van der Waals surface area contributed by atoms with Crippen LogP contribution in [0.1, 0.15) is 49.5 Å². The molecule has 0 spiro atoms. The maximum Gasteiger partial charge on any atom is 0.0628 e. The van der Waals surface area contributed by atoms with Gasteiger partial charge in [-0.05, 0) is 36.5 Å². The summed E-state index contributed by atoms with van der Waals surface area (Å²) >= 11 is 18.7. The highest BCUT2D eigenvalue weighted by Crippen LogP contribution is 2.40. The van der Waals surface area contributed by atoms with E-state index >= 15 is 0 Å². The molecule has 0 saturated heterocycles. The van der Waals surface area contributed by atoms with Crippen molar-refractivity contribution >= 4 is 34.8 Å². The van der Waals surface area contributed by atoms with Gasteiger partial charge < -0.3 is 0 Å². The van der Waals surface area contributed by atoms with Crippen LogP contribution in [-0.2, 0) is 0 Å². The lowest BCUT2D eigenvalue weighted by Gasteiger charge is -2.21. The monoisotopic (exact) mass is 290 g/mol. The van der Waals surface area contributed by atoms with Gasteiger partial charge in [-0.1, -0.05) is 55.0 Å². The molecule has 0 aromatic heterocycles. The lowest BCUT2D eigenvalue weighted by molar-refractivity contribution is 0.445. The second-order valence-electron chi connectivity index (χ2n) is 4.82. The Kier molecular flexibility index (Phi) is 5.02. The Morgan fingerprint density at radius 2 is 1.65 bits per heavy atom. The largest absolute Gasteiger partial charge is 0.117 e. The van der Waals surface area contributed by atoms with Gasteiger partial charge in [0.15, 0.2) is 0 Å². The Balaban J connectivity index is 2.14. The quantitative estimate of drug-likeness (QED) is 0.446. The molecule has 1 unspecified atom stereocenters. The van der Waals surface area contributed by atoms with Gasteiger partial charge in [0.25, 0.3) is 0 Å². The molecule has 2 rings (SSSR count). The lowest BCUT2D eigenvalue weighted by atomic mass is 9.92. The zero-order valence-corrected chi connectivity index (χ0v) is 12.0. The minimum atomic E-state index is 0.0258. The highest BCUT2D eigenvalue weighted by atomic mass is 35.5. The Morgan fingerprint density at radius 3 is 2.24 bits per heavy atom. The molecule has 1 aromatic carbocycles. The SMILES string of the molecule is Clc1ccc(C(Cl)C2CCCCCC2)c(Cl)c1. The maximum atomic E-state index is 6.59. The number of halogens is 3. The van der Waals surface area contributed by atoms with Gasteiger partial charge >= 0.3 is 0 Å². The van der Waals surface area contributed by atoms with Gasteiger partial charge in [-0.25, -0.2) is 0 Å². The third-order valence-electron chi connectivity index (χ3n) is 3.57. The first-order valence-corrected chi connectivity index (χ1v) is 7.47. The summed E-state index contributed by atoms with van der Waals surface area (Å²) in [5, 5.41) is 1.39. The van der Waals surface area contributed by atoms with E-state index in [2.05, 4.69) is 0 Å². The summed E-state index contributed by atoms with van der Waals surface area (Å²) in [6.07, 6.45) is 7.70. The minimum Gasteiger partial charge on any atom is -0.117 e. The highest BCUT2D eigenvalue weighted by molar-refractivity contribution is 6.35. The van der Waals surface area contributed by atoms with E-state index in [-0.39, 0.29) is 5.38 Å². The van der Waals surface area contributed by atoms with Gasteiger partial charge in [0, 0.05) is 10.0 Å². The summed E-state index contributed by atoms with van der Waals surface area (Å²) in [6, 6.07) is 5.62. The summed E-state index contributed by atoms with van der Waals surface area (Å²) in [5.41, 5.74) is 1.03. The van der Waals surface area contributed by atoms with E-state index in [1.165, 1.54) is 38.5 Å². The van der Waals surface area contributed by atoms with Gasteiger partial charge in [0.05, 0.1) is 5.38 Å². The minimum absolute atomic E-state index is 0.0258. The fraction of sp³-hybridized carbons (Fsp3) is 0.571. The van der Waals surface area contributed by atoms with Crippen molar-refractivity contribution in [1.82, 2.24) is 0 Å². The average molecular weight is 292 g/mol. The predicted octanol–water partition coefficient (Wildman–Crippen LogP) is 6.24. The predicted molar refractivity (Wildman–Crippen MR) is 76.2 cm³/mol. The molecule has 1 aliphatic carbocycles.